The van der Waals surface area contributed by atoms with E-state index in [4.69, 9.17) is 11.9 Å². The molecule has 0 heterocycles. The van der Waals surface area contributed by atoms with Crippen LogP contribution in [0, 0.1) is 0 Å². The van der Waals surface area contributed by atoms with Gasteiger partial charge < -0.3 is 4.74 Å². The van der Waals surface area contributed by atoms with Gasteiger partial charge in [0.15, 0.2) is 0 Å². The van der Waals surface area contributed by atoms with Crippen LogP contribution in [0.4, 0.5) is 0 Å². The van der Waals surface area contributed by atoms with Crippen LogP contribution < -0.4 is 0 Å². The summed E-state index contributed by atoms with van der Waals surface area (Å²) in [6.07, 6.45) is 0. The number of hydrogen-bond acceptors (Lipinski definition) is 2. The Morgan fingerprint density at radius 1 is 1.50 bits per heavy atom. The highest BCUT2D eigenvalue weighted by Crippen LogP contribution is 1.76. The van der Waals surface area contributed by atoms with E-state index in [-0.39, 0.29) is 0 Å². The zero-order chi connectivity index (χ0) is 4.83. The molecule has 3 heteroatoms. The zero-order valence-electron chi connectivity index (χ0n) is 3.61. The Morgan fingerprint density at radius 2 is 2.17 bits per heavy atom. The summed E-state index contributed by atoms with van der Waals surface area (Å²) >= 11 is 4.80. The molecule has 0 N–H and O–H groups in total. The lowest BCUT2D eigenvalue weighted by Gasteiger charge is -1.88. The Morgan fingerprint density at radius 3 is 2.33 bits per heavy atom. The third-order valence-electron chi connectivity index (χ3n) is 0.365. The molecule has 0 spiro atoms. The molecule has 6 heavy (non-hydrogen) atoms. The van der Waals surface area contributed by atoms with Crippen molar-refractivity contribution in [2.24, 2.45) is 0 Å². The maximum atomic E-state index is 4.80. The molecule has 38 valence electrons. The van der Waals surface area contributed by atoms with E-state index in [0.29, 0.717) is 13.2 Å². The Hall–Kier alpha value is 0.210. The predicted octanol–water partition coefficient (Wildman–Crippen LogP) is 0.803. The van der Waals surface area contributed by atoms with E-state index in [1.165, 1.54) is 0 Å². The topological polar surface area (TPSA) is 18.5 Å². The molecule has 0 aromatic rings. The van der Waals surface area contributed by atoms with Crippen LogP contribution in [-0.2, 0) is 9.03 Å². The van der Waals surface area contributed by atoms with Gasteiger partial charge in [-0.3, -0.25) is 4.29 Å². The van der Waals surface area contributed by atoms with Gasteiger partial charge in [0.25, 0.3) is 0 Å². The summed E-state index contributed by atoms with van der Waals surface area (Å²) in [6, 6.07) is 0. The van der Waals surface area contributed by atoms with Gasteiger partial charge in [0, 0.05) is 7.11 Å². The van der Waals surface area contributed by atoms with Gasteiger partial charge in [0.2, 0.25) is 0 Å². The minimum atomic E-state index is 0.456. The minimum absolute atomic E-state index is 0.456. The highest BCUT2D eigenvalue weighted by atomic mass is 35.5. The lowest BCUT2D eigenvalue weighted by molar-refractivity contribution is 0.152. The van der Waals surface area contributed by atoms with Crippen LogP contribution in [0.25, 0.3) is 0 Å². The van der Waals surface area contributed by atoms with Crippen LogP contribution in [0.2, 0.25) is 0 Å². The summed E-state index contributed by atoms with van der Waals surface area (Å²) in [7, 11) is 1.59. The first kappa shape index (κ1) is 6.21. The maximum absolute atomic E-state index is 4.80. The Labute approximate surface area is 42.2 Å². The molecule has 0 aliphatic heterocycles. The van der Waals surface area contributed by atoms with Crippen LogP contribution in [0.15, 0.2) is 0 Å². The van der Waals surface area contributed by atoms with E-state index in [1.54, 1.807) is 7.11 Å². The number of hydrogen-bond donors (Lipinski definition) is 0. The molecule has 0 fully saturated rings. The molecule has 0 atom stereocenters. The van der Waals surface area contributed by atoms with E-state index in [0.717, 1.165) is 0 Å². The minimum Gasteiger partial charge on any atom is -0.382 e. The first-order valence-electron chi connectivity index (χ1n) is 1.64. The van der Waals surface area contributed by atoms with Crippen molar-refractivity contribution in [2.75, 3.05) is 20.3 Å². The van der Waals surface area contributed by atoms with Gasteiger partial charge >= 0.3 is 0 Å². The van der Waals surface area contributed by atoms with E-state index >= 15 is 0 Å². The second-order valence-corrected chi connectivity index (χ2v) is 1.02. The smallest absolute Gasteiger partial charge is 0.0916 e. The Bertz CT molecular complexity index is 20.8. The summed E-state index contributed by atoms with van der Waals surface area (Å²) in [5, 5.41) is 0. The van der Waals surface area contributed by atoms with Crippen molar-refractivity contribution in [2.45, 2.75) is 0 Å². The molecule has 0 saturated carbocycles. The Balaban J connectivity index is 2.34. The Kier molecular flexibility index (Phi) is 5.39. The van der Waals surface area contributed by atoms with Crippen molar-refractivity contribution >= 4 is 11.9 Å². The molecular formula is C3H7ClO2. The molecule has 0 radical (unpaired) electrons. The van der Waals surface area contributed by atoms with E-state index < -0.39 is 0 Å². The summed E-state index contributed by atoms with van der Waals surface area (Å²) < 4.78 is 8.70. The van der Waals surface area contributed by atoms with Crippen LogP contribution in [-0.4, -0.2) is 20.3 Å². The van der Waals surface area contributed by atoms with Crippen LogP contribution in [0.3, 0.4) is 0 Å². The molecule has 0 unspecified atom stereocenters. The quantitative estimate of drug-likeness (QED) is 0.501. The third kappa shape index (κ3) is 4.21. The van der Waals surface area contributed by atoms with Crippen LogP contribution in [0.5, 0.6) is 0 Å². The molecule has 2 nitrogen and oxygen atoms in total. The average molecular weight is 111 g/mol. The van der Waals surface area contributed by atoms with E-state index in [9.17, 15) is 0 Å². The summed E-state index contributed by atoms with van der Waals surface area (Å²) in [6.45, 7) is 1.02. The van der Waals surface area contributed by atoms with E-state index in [2.05, 4.69) is 9.03 Å². The fourth-order valence-electron chi connectivity index (χ4n) is 0.115. The number of halogens is 1. The average Bonchev–Trinajstić information content (AvgIpc) is 1.61. The highest BCUT2D eigenvalue weighted by Gasteiger charge is 1.75. The van der Waals surface area contributed by atoms with Gasteiger partial charge in [-0.15, -0.1) is 0 Å². The normalized spacial score (nSPS) is 9.00. The van der Waals surface area contributed by atoms with Crippen molar-refractivity contribution in [1.82, 2.24) is 0 Å². The molecule has 0 rings (SSSR count). The zero-order valence-corrected chi connectivity index (χ0v) is 4.36. The van der Waals surface area contributed by atoms with Gasteiger partial charge in [0.05, 0.1) is 25.1 Å². The largest absolute Gasteiger partial charge is 0.382 e. The monoisotopic (exact) mass is 110 g/mol. The van der Waals surface area contributed by atoms with Gasteiger partial charge in [-0.2, -0.15) is 0 Å². The molecule has 0 aromatic carbocycles. The molecule has 0 bridgehead atoms. The number of rotatable bonds is 3. The van der Waals surface area contributed by atoms with Crippen molar-refractivity contribution in [1.29, 1.82) is 0 Å². The molecule has 0 aromatic heterocycles. The summed E-state index contributed by atoms with van der Waals surface area (Å²) in [5.41, 5.74) is 0. The second kappa shape index (κ2) is 5.21. The first-order chi connectivity index (χ1) is 2.91. The van der Waals surface area contributed by atoms with Crippen LogP contribution in [0.1, 0.15) is 0 Å². The standard InChI is InChI=1S/C3H7ClO2/c1-5-2-3-6-4/h2-3H2,1H3. The lowest BCUT2D eigenvalue weighted by Crippen LogP contribution is -1.93. The van der Waals surface area contributed by atoms with Crippen molar-refractivity contribution in [3.8, 4) is 0 Å². The SMILES string of the molecule is COCCOCl. The first-order valence-corrected chi connectivity index (χ1v) is 1.95. The second-order valence-electron chi connectivity index (χ2n) is 0.806. The molecule has 0 aliphatic carbocycles. The van der Waals surface area contributed by atoms with Crippen molar-refractivity contribution < 1.29 is 9.03 Å². The van der Waals surface area contributed by atoms with Crippen molar-refractivity contribution in [3.63, 3.8) is 0 Å². The number of methoxy groups -OCH3 is 1. The summed E-state index contributed by atoms with van der Waals surface area (Å²) in [5.74, 6) is 0. The van der Waals surface area contributed by atoms with Gasteiger partial charge in [-0.25, -0.2) is 0 Å². The molecule has 0 amide bonds. The fraction of sp³-hybridized carbons (Fsp3) is 1.00. The third-order valence-corrected chi connectivity index (χ3v) is 0.519. The molecule has 0 aliphatic rings. The van der Waals surface area contributed by atoms with Crippen molar-refractivity contribution in [3.05, 3.63) is 0 Å². The van der Waals surface area contributed by atoms with Gasteiger partial charge in [-0.05, 0) is 0 Å². The lowest BCUT2D eigenvalue weighted by atomic mass is 10.8. The number of ether oxygens (including phenoxy) is 1. The molecule has 0 saturated heterocycles. The predicted molar refractivity (Wildman–Crippen MR) is 23.7 cm³/mol. The highest BCUT2D eigenvalue weighted by molar-refractivity contribution is 6.07. The summed E-state index contributed by atoms with van der Waals surface area (Å²) in [4.78, 5) is 0. The van der Waals surface area contributed by atoms with Crippen LogP contribution >= 0.6 is 11.9 Å². The fourth-order valence-corrected chi connectivity index (χ4v) is 0.178. The maximum Gasteiger partial charge on any atom is 0.0916 e. The van der Waals surface area contributed by atoms with Gasteiger partial charge in [0.1, 0.15) is 0 Å². The van der Waals surface area contributed by atoms with Gasteiger partial charge in [-0.1, -0.05) is 0 Å². The molecular weight excluding hydrogens is 103 g/mol. The van der Waals surface area contributed by atoms with E-state index in [1.807, 2.05) is 0 Å².